The van der Waals surface area contributed by atoms with Gasteiger partial charge < -0.3 is 20.1 Å². The lowest BCUT2D eigenvalue weighted by Crippen LogP contribution is -2.28. The van der Waals surface area contributed by atoms with Crippen molar-refractivity contribution >= 4 is 40.6 Å². The Morgan fingerprint density at radius 2 is 1.80 bits per heavy atom. The zero-order valence-corrected chi connectivity index (χ0v) is 19.8. The van der Waals surface area contributed by atoms with Crippen LogP contribution in [0.1, 0.15) is 17.5 Å². The van der Waals surface area contributed by atoms with Gasteiger partial charge >= 0.3 is 0 Å². The fraction of sp³-hybridized carbons (Fsp3) is 0.154. The van der Waals surface area contributed by atoms with E-state index in [0.717, 1.165) is 11.1 Å². The van der Waals surface area contributed by atoms with Gasteiger partial charge in [-0.25, -0.2) is 0 Å². The molecule has 4 rings (SSSR count). The Hall–Kier alpha value is -4.11. The van der Waals surface area contributed by atoms with Crippen molar-refractivity contribution in [1.29, 1.82) is 0 Å². The number of hydrogen-bond acceptors (Lipinski definition) is 7. The second kappa shape index (κ2) is 11.8. The molecule has 0 aliphatic carbocycles. The molecule has 1 heterocycles. The van der Waals surface area contributed by atoms with Gasteiger partial charge in [-0.05, 0) is 41.5 Å². The molecule has 1 aliphatic heterocycles. The highest BCUT2D eigenvalue weighted by molar-refractivity contribution is 8.15. The number of benzene rings is 3. The van der Waals surface area contributed by atoms with Gasteiger partial charge in [-0.3, -0.25) is 9.59 Å². The van der Waals surface area contributed by atoms with Crippen LogP contribution in [0.3, 0.4) is 0 Å². The number of hydrogen-bond donors (Lipinski definition) is 2. The maximum Gasteiger partial charge on any atom is 0.240 e. The Labute approximate surface area is 207 Å². The van der Waals surface area contributed by atoms with E-state index >= 15 is 0 Å². The van der Waals surface area contributed by atoms with Crippen LogP contribution in [-0.2, 0) is 16.2 Å². The van der Waals surface area contributed by atoms with Crippen molar-refractivity contribution in [3.05, 3.63) is 90.0 Å². The smallest absolute Gasteiger partial charge is 0.240 e. The maximum atomic E-state index is 12.3. The van der Waals surface area contributed by atoms with E-state index in [1.165, 1.54) is 11.8 Å². The van der Waals surface area contributed by atoms with Gasteiger partial charge in [-0.15, -0.1) is 5.10 Å². The Bertz CT molecular complexity index is 1230. The molecular weight excluding hydrogens is 464 g/mol. The lowest BCUT2D eigenvalue weighted by atomic mass is 10.2. The van der Waals surface area contributed by atoms with E-state index in [2.05, 4.69) is 20.8 Å². The molecule has 2 N–H and O–H groups in total. The molecule has 3 aromatic carbocycles. The molecule has 2 amide bonds. The third-order valence-electron chi connectivity index (χ3n) is 4.99. The number of anilines is 1. The Balaban J connectivity index is 1.34. The van der Waals surface area contributed by atoms with E-state index in [-0.39, 0.29) is 18.2 Å². The van der Waals surface area contributed by atoms with Crippen LogP contribution in [0, 0.1) is 0 Å². The third-order valence-corrected chi connectivity index (χ3v) is 6.06. The summed E-state index contributed by atoms with van der Waals surface area (Å²) in [6.07, 6.45) is 1.60. The van der Waals surface area contributed by atoms with Crippen molar-refractivity contribution in [2.45, 2.75) is 18.3 Å². The van der Waals surface area contributed by atoms with Crippen LogP contribution in [-0.4, -0.2) is 35.6 Å². The molecule has 1 aliphatic rings. The number of nitrogens with zero attached hydrogens (tertiary/aromatic N) is 2. The fourth-order valence-corrected chi connectivity index (χ4v) is 4.18. The number of carbonyl (C=O) groups is 2. The van der Waals surface area contributed by atoms with E-state index in [4.69, 9.17) is 9.47 Å². The standard InChI is InChI=1S/C26H24N4O4S/c1-33-21-13-12-19(14-22(21)34-17-18-8-4-2-5-9-18)16-27-30-26-29-25(32)23(35-26)15-24(31)28-20-10-6-3-7-11-20/h2-14,16,23H,15,17H2,1H3,(H,28,31)(H,29,30,32). The predicted molar refractivity (Wildman–Crippen MR) is 138 cm³/mol. The molecular formula is C26H24N4O4S. The normalized spacial score (nSPS) is 16.3. The summed E-state index contributed by atoms with van der Waals surface area (Å²) in [6, 6.07) is 24.4. The number of para-hydroxylation sites is 1. The second-order valence-corrected chi connectivity index (χ2v) is 8.74. The number of ether oxygens (including phenoxy) is 2. The Kier molecular flexibility index (Phi) is 8.13. The van der Waals surface area contributed by atoms with Gasteiger partial charge in [-0.1, -0.05) is 60.3 Å². The molecule has 0 aromatic heterocycles. The van der Waals surface area contributed by atoms with Gasteiger partial charge in [-0.2, -0.15) is 5.10 Å². The van der Waals surface area contributed by atoms with E-state index < -0.39 is 5.25 Å². The number of nitrogens with one attached hydrogen (secondary N) is 2. The summed E-state index contributed by atoms with van der Waals surface area (Å²) >= 11 is 1.18. The van der Waals surface area contributed by atoms with E-state index in [1.807, 2.05) is 60.7 Å². The fourth-order valence-electron chi connectivity index (χ4n) is 3.26. The Morgan fingerprint density at radius 1 is 1.06 bits per heavy atom. The Morgan fingerprint density at radius 3 is 2.54 bits per heavy atom. The minimum absolute atomic E-state index is 0.0364. The molecule has 8 nitrogen and oxygen atoms in total. The molecule has 0 saturated carbocycles. The number of rotatable bonds is 9. The van der Waals surface area contributed by atoms with Crippen LogP contribution >= 0.6 is 11.8 Å². The quantitative estimate of drug-likeness (QED) is 0.347. The zero-order chi connectivity index (χ0) is 24.5. The van der Waals surface area contributed by atoms with Crippen LogP contribution in [0.25, 0.3) is 0 Å². The van der Waals surface area contributed by atoms with Crippen molar-refractivity contribution in [2.75, 3.05) is 12.4 Å². The molecule has 3 aromatic rings. The molecule has 0 bridgehead atoms. The first-order chi connectivity index (χ1) is 17.1. The topological polar surface area (TPSA) is 101 Å². The minimum Gasteiger partial charge on any atom is -0.493 e. The van der Waals surface area contributed by atoms with Crippen LogP contribution in [0.4, 0.5) is 5.69 Å². The summed E-state index contributed by atoms with van der Waals surface area (Å²) in [7, 11) is 1.58. The summed E-state index contributed by atoms with van der Waals surface area (Å²) < 4.78 is 11.3. The first kappa shape index (κ1) is 24.0. The number of amides is 2. The first-order valence-electron chi connectivity index (χ1n) is 10.9. The van der Waals surface area contributed by atoms with Crippen molar-refractivity contribution in [3.8, 4) is 11.5 Å². The SMILES string of the molecule is COc1ccc(C=N/N=C2\NC(=O)C(CC(=O)Nc3ccccc3)S2)cc1OCc1ccccc1. The van der Waals surface area contributed by atoms with Crippen molar-refractivity contribution < 1.29 is 19.1 Å². The highest BCUT2D eigenvalue weighted by Crippen LogP contribution is 2.28. The number of amidine groups is 1. The molecule has 9 heteroatoms. The minimum atomic E-state index is -0.563. The lowest BCUT2D eigenvalue weighted by Gasteiger charge is -2.11. The number of carbonyl (C=O) groups excluding carboxylic acids is 2. The van der Waals surface area contributed by atoms with Crippen LogP contribution in [0.15, 0.2) is 89.1 Å². The van der Waals surface area contributed by atoms with E-state index in [0.29, 0.717) is 29.0 Å². The largest absolute Gasteiger partial charge is 0.493 e. The van der Waals surface area contributed by atoms with Gasteiger partial charge in [0.2, 0.25) is 11.8 Å². The average Bonchev–Trinajstić information content (AvgIpc) is 3.22. The monoisotopic (exact) mass is 488 g/mol. The summed E-state index contributed by atoms with van der Waals surface area (Å²) in [4.78, 5) is 24.5. The van der Waals surface area contributed by atoms with Gasteiger partial charge in [0, 0.05) is 12.1 Å². The zero-order valence-electron chi connectivity index (χ0n) is 19.0. The second-order valence-electron chi connectivity index (χ2n) is 7.55. The van der Waals surface area contributed by atoms with E-state index in [1.54, 1.807) is 31.5 Å². The maximum absolute atomic E-state index is 12.3. The first-order valence-corrected chi connectivity index (χ1v) is 11.8. The molecule has 178 valence electrons. The van der Waals surface area contributed by atoms with Gasteiger partial charge in [0.05, 0.1) is 13.3 Å². The van der Waals surface area contributed by atoms with Crippen molar-refractivity contribution in [1.82, 2.24) is 5.32 Å². The summed E-state index contributed by atoms with van der Waals surface area (Å²) in [5.74, 6) is 0.684. The summed E-state index contributed by atoms with van der Waals surface area (Å²) in [5, 5.41) is 13.4. The molecule has 35 heavy (non-hydrogen) atoms. The van der Waals surface area contributed by atoms with Crippen LogP contribution in [0.2, 0.25) is 0 Å². The third kappa shape index (κ3) is 6.94. The summed E-state index contributed by atoms with van der Waals surface area (Å²) in [5.41, 5.74) is 2.48. The molecule has 1 unspecified atom stereocenters. The summed E-state index contributed by atoms with van der Waals surface area (Å²) in [6.45, 7) is 0.405. The molecule has 0 spiro atoms. The van der Waals surface area contributed by atoms with Gasteiger partial charge in [0.1, 0.15) is 11.9 Å². The van der Waals surface area contributed by atoms with Crippen LogP contribution < -0.4 is 20.1 Å². The average molecular weight is 489 g/mol. The van der Waals surface area contributed by atoms with Crippen LogP contribution in [0.5, 0.6) is 11.5 Å². The van der Waals surface area contributed by atoms with Gasteiger partial charge in [0.15, 0.2) is 16.7 Å². The van der Waals surface area contributed by atoms with Crippen molar-refractivity contribution in [3.63, 3.8) is 0 Å². The molecule has 0 radical (unpaired) electrons. The number of thioether (sulfide) groups is 1. The molecule has 1 fully saturated rings. The molecule has 1 atom stereocenters. The lowest BCUT2D eigenvalue weighted by molar-refractivity contribution is -0.122. The number of methoxy groups -OCH3 is 1. The van der Waals surface area contributed by atoms with Crippen molar-refractivity contribution in [2.24, 2.45) is 10.2 Å². The van der Waals surface area contributed by atoms with Gasteiger partial charge in [0.25, 0.3) is 0 Å². The predicted octanol–water partition coefficient (Wildman–Crippen LogP) is 4.22. The highest BCUT2D eigenvalue weighted by Gasteiger charge is 2.32. The molecule has 1 saturated heterocycles. The highest BCUT2D eigenvalue weighted by atomic mass is 32.2. The van der Waals surface area contributed by atoms with E-state index in [9.17, 15) is 9.59 Å².